The number of carbonyl (C=O) groups is 1. The van der Waals surface area contributed by atoms with Crippen LogP contribution >= 0.6 is 0 Å². The van der Waals surface area contributed by atoms with Crippen LogP contribution in [0, 0.1) is 20.2 Å². The fourth-order valence-corrected chi connectivity index (χ4v) is 2.24. The number of hydrogen-bond acceptors (Lipinski definition) is 9. The Morgan fingerprint density at radius 3 is 2.66 bits per heavy atom. The lowest BCUT2D eigenvalue weighted by Crippen LogP contribution is -2.17. The van der Waals surface area contributed by atoms with Gasteiger partial charge in [0.15, 0.2) is 5.76 Å². The number of aromatic nitrogens is 2. The summed E-state index contributed by atoms with van der Waals surface area (Å²) >= 11 is 0. The number of nitro benzene ring substituents is 1. The Kier molecular flexibility index (Phi) is 5.30. The zero-order valence-electron chi connectivity index (χ0n) is 14.4. The summed E-state index contributed by atoms with van der Waals surface area (Å²) in [6.45, 7) is 0.0671. The normalized spacial score (nSPS) is 10.9. The molecule has 0 aliphatic rings. The minimum atomic E-state index is -0.725. The third-order valence-corrected chi connectivity index (χ3v) is 3.61. The van der Waals surface area contributed by atoms with E-state index in [1.807, 2.05) is 0 Å². The van der Waals surface area contributed by atoms with Crippen LogP contribution in [0.2, 0.25) is 0 Å². The summed E-state index contributed by atoms with van der Waals surface area (Å²) in [5.41, 5.74) is 1.60. The van der Waals surface area contributed by atoms with Gasteiger partial charge in [0.05, 0.1) is 22.6 Å². The van der Waals surface area contributed by atoms with E-state index in [1.54, 1.807) is 0 Å². The average molecular weight is 399 g/mol. The Bertz CT molecular complexity index is 1120. The molecule has 2 aromatic heterocycles. The van der Waals surface area contributed by atoms with E-state index in [2.05, 4.69) is 15.6 Å². The number of hydrazone groups is 1. The highest BCUT2D eigenvalue weighted by Crippen LogP contribution is 2.19. The zero-order chi connectivity index (χ0) is 21.0. The number of amides is 1. The first-order valence-corrected chi connectivity index (χ1v) is 7.88. The summed E-state index contributed by atoms with van der Waals surface area (Å²) in [5, 5.41) is 40.5. The first kappa shape index (κ1) is 19.2. The molecule has 0 aliphatic carbocycles. The van der Waals surface area contributed by atoms with E-state index in [1.165, 1.54) is 23.0 Å². The smallest absolute Gasteiger partial charge is 0.307 e. The number of hydrogen-bond donors (Lipinski definition) is 1. The summed E-state index contributed by atoms with van der Waals surface area (Å²) < 4.78 is 6.60. The van der Waals surface area contributed by atoms with Crippen molar-refractivity contribution in [2.24, 2.45) is 5.10 Å². The van der Waals surface area contributed by atoms with Gasteiger partial charge in [-0.1, -0.05) is 11.8 Å². The molecule has 29 heavy (non-hydrogen) atoms. The molecule has 3 rings (SSSR count). The van der Waals surface area contributed by atoms with Gasteiger partial charge in [0.1, 0.15) is 18.2 Å². The van der Waals surface area contributed by atoms with Crippen LogP contribution in [0.25, 0.3) is 0 Å². The number of furan rings is 1. The summed E-state index contributed by atoms with van der Waals surface area (Å²) in [5.74, 6) is -1.00. The predicted molar refractivity (Wildman–Crippen MR) is 94.3 cm³/mol. The van der Waals surface area contributed by atoms with Gasteiger partial charge in [-0.15, -0.1) is 0 Å². The number of carbonyl (C=O) groups excluding carboxylic acids is 1. The van der Waals surface area contributed by atoms with Crippen molar-refractivity contribution in [2.45, 2.75) is 6.54 Å². The molecule has 1 aromatic carbocycles. The lowest BCUT2D eigenvalue weighted by Gasteiger charge is -2.08. The standard InChI is InChI=1S/C16H12N6O7/c23-14-3-1-11(21(25)26)5-10(14)6-17-19-16(24)15-4-2-13(29-15)9-20-8-12(7-18-20)22(27)28/h1-8,23H,9H2,(H,19,24)/p-1/b17-6+. The second-order valence-electron chi connectivity index (χ2n) is 5.60. The van der Waals surface area contributed by atoms with Gasteiger partial charge in [-0.05, 0) is 17.7 Å². The van der Waals surface area contributed by atoms with Crippen LogP contribution in [0.4, 0.5) is 11.4 Å². The lowest BCUT2D eigenvalue weighted by atomic mass is 10.2. The molecule has 0 saturated heterocycles. The van der Waals surface area contributed by atoms with E-state index in [0.717, 1.165) is 30.6 Å². The van der Waals surface area contributed by atoms with Crippen molar-refractivity contribution in [3.63, 3.8) is 0 Å². The third kappa shape index (κ3) is 4.60. The van der Waals surface area contributed by atoms with Crippen LogP contribution < -0.4 is 10.5 Å². The van der Waals surface area contributed by atoms with Crippen molar-refractivity contribution in [1.82, 2.24) is 15.2 Å². The molecular formula is C16H11N6O7-. The molecule has 13 nitrogen and oxygen atoms in total. The predicted octanol–water partition coefficient (Wildman–Crippen LogP) is 1.18. The topological polar surface area (TPSA) is 182 Å². The SMILES string of the molecule is O=C(N/N=C/c1cc([N+](=O)[O-])ccc1[O-])c1ccc(Cn2cc([N+](=O)[O-])cn2)o1. The Morgan fingerprint density at radius 1 is 1.21 bits per heavy atom. The Hall–Kier alpha value is -4.55. The molecular weight excluding hydrogens is 388 g/mol. The highest BCUT2D eigenvalue weighted by atomic mass is 16.6. The van der Waals surface area contributed by atoms with Crippen molar-refractivity contribution in [1.29, 1.82) is 0 Å². The first-order valence-electron chi connectivity index (χ1n) is 7.88. The summed E-state index contributed by atoms with van der Waals surface area (Å²) in [7, 11) is 0. The van der Waals surface area contributed by atoms with Gasteiger partial charge < -0.3 is 9.52 Å². The maximum atomic E-state index is 12.0. The fraction of sp³-hybridized carbons (Fsp3) is 0.0625. The third-order valence-electron chi connectivity index (χ3n) is 3.61. The molecule has 1 amide bonds. The van der Waals surface area contributed by atoms with Crippen LogP contribution in [-0.2, 0) is 6.54 Å². The second kappa shape index (κ2) is 7.99. The summed E-state index contributed by atoms with van der Waals surface area (Å²) in [6, 6.07) is 5.98. The molecule has 0 bridgehead atoms. The van der Waals surface area contributed by atoms with E-state index in [-0.39, 0.29) is 29.2 Å². The van der Waals surface area contributed by atoms with E-state index < -0.39 is 21.5 Å². The number of nitrogens with zero attached hydrogens (tertiary/aromatic N) is 5. The zero-order valence-corrected chi connectivity index (χ0v) is 14.4. The van der Waals surface area contributed by atoms with Crippen LogP contribution in [-0.4, -0.2) is 31.7 Å². The number of non-ortho nitro benzene ring substituents is 1. The number of rotatable bonds is 7. The molecule has 0 aliphatic heterocycles. The number of nitro groups is 2. The van der Waals surface area contributed by atoms with Crippen LogP contribution in [0.15, 0.2) is 52.2 Å². The van der Waals surface area contributed by atoms with Crippen molar-refractivity contribution in [3.05, 3.63) is 80.0 Å². The maximum Gasteiger partial charge on any atom is 0.307 e. The molecule has 13 heteroatoms. The van der Waals surface area contributed by atoms with E-state index in [4.69, 9.17) is 4.42 Å². The largest absolute Gasteiger partial charge is 0.872 e. The molecule has 0 unspecified atom stereocenters. The Morgan fingerprint density at radius 2 is 1.97 bits per heavy atom. The lowest BCUT2D eigenvalue weighted by molar-refractivity contribution is -0.385. The highest BCUT2D eigenvalue weighted by molar-refractivity contribution is 5.92. The van der Waals surface area contributed by atoms with E-state index in [0.29, 0.717) is 5.76 Å². The van der Waals surface area contributed by atoms with Crippen molar-refractivity contribution in [3.8, 4) is 5.75 Å². The van der Waals surface area contributed by atoms with Gasteiger partial charge in [0.2, 0.25) is 0 Å². The van der Waals surface area contributed by atoms with Crippen molar-refractivity contribution in [2.75, 3.05) is 0 Å². The van der Waals surface area contributed by atoms with E-state index in [9.17, 15) is 30.1 Å². The molecule has 3 aromatic rings. The quantitative estimate of drug-likeness (QED) is 0.349. The Balaban J connectivity index is 1.63. The van der Waals surface area contributed by atoms with Gasteiger partial charge >= 0.3 is 11.6 Å². The minimum absolute atomic E-state index is 0.0671. The van der Waals surface area contributed by atoms with E-state index >= 15 is 0 Å². The monoisotopic (exact) mass is 399 g/mol. The average Bonchev–Trinajstić information content (AvgIpc) is 3.33. The van der Waals surface area contributed by atoms with Crippen LogP contribution in [0.3, 0.4) is 0 Å². The van der Waals surface area contributed by atoms with Crippen LogP contribution in [0.5, 0.6) is 5.75 Å². The Labute approximate surface area is 161 Å². The first-order chi connectivity index (χ1) is 13.8. The maximum absolute atomic E-state index is 12.0. The molecule has 148 valence electrons. The van der Waals surface area contributed by atoms with Crippen molar-refractivity contribution < 1.29 is 24.2 Å². The highest BCUT2D eigenvalue weighted by Gasteiger charge is 2.13. The summed E-state index contributed by atoms with van der Waals surface area (Å²) in [6.07, 6.45) is 3.29. The van der Waals surface area contributed by atoms with Gasteiger partial charge in [0, 0.05) is 12.1 Å². The molecule has 1 N–H and O–H groups in total. The fourth-order valence-electron chi connectivity index (χ4n) is 2.24. The molecule has 0 atom stereocenters. The summed E-state index contributed by atoms with van der Waals surface area (Å²) in [4.78, 5) is 32.2. The van der Waals surface area contributed by atoms with Gasteiger partial charge in [-0.2, -0.15) is 10.2 Å². The van der Waals surface area contributed by atoms with Crippen molar-refractivity contribution >= 4 is 23.5 Å². The minimum Gasteiger partial charge on any atom is -0.872 e. The van der Waals surface area contributed by atoms with Gasteiger partial charge in [-0.25, -0.2) is 5.43 Å². The number of nitrogens with one attached hydrogen (secondary N) is 1. The molecule has 0 radical (unpaired) electrons. The van der Waals surface area contributed by atoms with Gasteiger partial charge in [-0.3, -0.25) is 29.7 Å². The molecule has 2 heterocycles. The molecule has 0 spiro atoms. The molecule has 0 fully saturated rings. The molecule has 0 saturated carbocycles. The second-order valence-corrected chi connectivity index (χ2v) is 5.60. The number of benzene rings is 1. The van der Waals surface area contributed by atoms with Crippen LogP contribution in [0.1, 0.15) is 21.9 Å². The van der Waals surface area contributed by atoms with Gasteiger partial charge in [0.25, 0.3) is 5.69 Å².